The molecule has 1 aromatic rings. The molecule has 0 saturated heterocycles. The minimum Gasteiger partial charge on any atom is -0.389 e. The average Bonchev–Trinajstić information content (AvgIpc) is 2.31. The van der Waals surface area contributed by atoms with Crippen molar-refractivity contribution in [3.05, 3.63) is 30.1 Å². The first-order valence-electron chi connectivity index (χ1n) is 6.11. The minimum atomic E-state index is -0.467. The van der Waals surface area contributed by atoms with E-state index in [1.54, 1.807) is 12.4 Å². The van der Waals surface area contributed by atoms with Gasteiger partial charge in [0, 0.05) is 25.5 Å². The Balaban J connectivity index is 1.75. The number of pyridine rings is 1. The Morgan fingerprint density at radius 1 is 1.19 bits per heavy atom. The first-order valence-corrected chi connectivity index (χ1v) is 6.11. The van der Waals surface area contributed by atoms with Crippen LogP contribution in [0.5, 0.6) is 0 Å². The zero-order valence-corrected chi connectivity index (χ0v) is 9.65. The summed E-state index contributed by atoms with van der Waals surface area (Å²) in [6.45, 7) is 1.51. The molecule has 88 valence electrons. The van der Waals surface area contributed by atoms with E-state index in [2.05, 4.69) is 10.3 Å². The summed E-state index contributed by atoms with van der Waals surface area (Å²) in [4.78, 5) is 3.98. The van der Waals surface area contributed by atoms with Gasteiger partial charge in [0.2, 0.25) is 0 Å². The first kappa shape index (κ1) is 11.6. The van der Waals surface area contributed by atoms with Gasteiger partial charge in [0.1, 0.15) is 0 Å². The molecule has 1 aliphatic carbocycles. The van der Waals surface area contributed by atoms with Gasteiger partial charge in [-0.05, 0) is 30.5 Å². The molecule has 0 aliphatic heterocycles. The van der Waals surface area contributed by atoms with E-state index in [0.29, 0.717) is 6.54 Å². The Hall–Kier alpha value is -0.930. The van der Waals surface area contributed by atoms with Gasteiger partial charge in [-0.25, -0.2) is 0 Å². The molecule has 1 saturated carbocycles. The maximum atomic E-state index is 10.3. The zero-order valence-electron chi connectivity index (χ0n) is 9.65. The number of hydrogen-bond donors (Lipinski definition) is 2. The molecule has 0 spiro atoms. The second kappa shape index (κ2) is 5.41. The van der Waals surface area contributed by atoms with Gasteiger partial charge in [-0.15, -0.1) is 0 Å². The maximum Gasteiger partial charge on any atom is 0.0771 e. The molecule has 2 N–H and O–H groups in total. The third-order valence-electron chi connectivity index (χ3n) is 3.32. The summed E-state index contributed by atoms with van der Waals surface area (Å²) < 4.78 is 0. The highest BCUT2D eigenvalue weighted by molar-refractivity contribution is 5.09. The lowest BCUT2D eigenvalue weighted by molar-refractivity contribution is 0.00467. The van der Waals surface area contributed by atoms with E-state index < -0.39 is 5.60 Å². The van der Waals surface area contributed by atoms with Crippen molar-refractivity contribution in [3.8, 4) is 0 Å². The normalized spacial score (nSPS) is 19.6. The van der Waals surface area contributed by atoms with Gasteiger partial charge in [0.15, 0.2) is 0 Å². The van der Waals surface area contributed by atoms with Crippen LogP contribution in [0.2, 0.25) is 0 Å². The Morgan fingerprint density at radius 3 is 2.56 bits per heavy atom. The van der Waals surface area contributed by atoms with Crippen LogP contribution in [0.15, 0.2) is 24.5 Å². The number of rotatable bonds is 4. The smallest absolute Gasteiger partial charge is 0.0771 e. The van der Waals surface area contributed by atoms with Gasteiger partial charge in [-0.3, -0.25) is 4.98 Å². The standard InChI is InChI=1S/C13H20N2O/c16-13(6-2-1-3-7-13)11-15-10-12-4-8-14-9-5-12/h4-5,8-9,15-16H,1-3,6-7,10-11H2. The molecule has 3 heteroatoms. The topological polar surface area (TPSA) is 45.1 Å². The Kier molecular flexibility index (Phi) is 3.91. The molecule has 3 nitrogen and oxygen atoms in total. The Morgan fingerprint density at radius 2 is 1.88 bits per heavy atom. The van der Waals surface area contributed by atoms with Crippen LogP contribution in [0.4, 0.5) is 0 Å². The Labute approximate surface area is 96.9 Å². The summed E-state index contributed by atoms with van der Waals surface area (Å²) in [7, 11) is 0. The van der Waals surface area contributed by atoms with E-state index in [1.165, 1.54) is 12.0 Å². The third kappa shape index (κ3) is 3.29. The summed E-state index contributed by atoms with van der Waals surface area (Å²) in [5.74, 6) is 0. The average molecular weight is 220 g/mol. The van der Waals surface area contributed by atoms with E-state index in [0.717, 1.165) is 32.2 Å². The molecule has 0 amide bonds. The molecule has 2 rings (SSSR count). The Bertz CT molecular complexity index is 307. The van der Waals surface area contributed by atoms with Crippen LogP contribution in [-0.4, -0.2) is 22.2 Å². The monoisotopic (exact) mass is 220 g/mol. The lowest BCUT2D eigenvalue weighted by Gasteiger charge is -2.32. The molecular weight excluding hydrogens is 200 g/mol. The highest BCUT2D eigenvalue weighted by Gasteiger charge is 2.28. The molecule has 16 heavy (non-hydrogen) atoms. The summed E-state index contributed by atoms with van der Waals surface area (Å²) in [6, 6.07) is 4.00. The van der Waals surface area contributed by atoms with E-state index in [1.807, 2.05) is 12.1 Å². The van der Waals surface area contributed by atoms with E-state index in [9.17, 15) is 5.11 Å². The van der Waals surface area contributed by atoms with Gasteiger partial charge in [0.25, 0.3) is 0 Å². The molecule has 1 aromatic heterocycles. The predicted molar refractivity (Wildman–Crippen MR) is 64.0 cm³/mol. The molecule has 1 aliphatic rings. The fourth-order valence-electron chi connectivity index (χ4n) is 2.33. The highest BCUT2D eigenvalue weighted by Crippen LogP contribution is 2.27. The molecule has 0 atom stereocenters. The van der Waals surface area contributed by atoms with Gasteiger partial charge < -0.3 is 10.4 Å². The van der Waals surface area contributed by atoms with Gasteiger partial charge in [-0.2, -0.15) is 0 Å². The number of hydrogen-bond acceptors (Lipinski definition) is 3. The van der Waals surface area contributed by atoms with E-state index in [4.69, 9.17) is 0 Å². The highest BCUT2D eigenvalue weighted by atomic mass is 16.3. The van der Waals surface area contributed by atoms with Crippen LogP contribution >= 0.6 is 0 Å². The van der Waals surface area contributed by atoms with Crippen LogP contribution in [0.25, 0.3) is 0 Å². The van der Waals surface area contributed by atoms with Crippen molar-refractivity contribution in [1.29, 1.82) is 0 Å². The number of aromatic nitrogens is 1. The molecule has 0 radical (unpaired) electrons. The van der Waals surface area contributed by atoms with Gasteiger partial charge in [-0.1, -0.05) is 19.3 Å². The van der Waals surface area contributed by atoms with Crippen LogP contribution in [-0.2, 0) is 6.54 Å². The van der Waals surface area contributed by atoms with E-state index >= 15 is 0 Å². The van der Waals surface area contributed by atoms with Gasteiger partial charge >= 0.3 is 0 Å². The summed E-state index contributed by atoms with van der Waals surface area (Å²) in [5.41, 5.74) is 0.750. The molecule has 1 fully saturated rings. The number of aliphatic hydroxyl groups is 1. The molecular formula is C13H20N2O. The van der Waals surface area contributed by atoms with Crippen LogP contribution in [0.1, 0.15) is 37.7 Å². The lowest BCUT2D eigenvalue weighted by Crippen LogP contribution is -2.41. The number of nitrogens with zero attached hydrogens (tertiary/aromatic N) is 1. The van der Waals surface area contributed by atoms with Crippen molar-refractivity contribution in [1.82, 2.24) is 10.3 Å². The third-order valence-corrected chi connectivity index (χ3v) is 3.32. The van der Waals surface area contributed by atoms with Crippen LogP contribution < -0.4 is 5.32 Å². The van der Waals surface area contributed by atoms with Crippen molar-refractivity contribution in [3.63, 3.8) is 0 Å². The van der Waals surface area contributed by atoms with E-state index in [-0.39, 0.29) is 0 Å². The SMILES string of the molecule is OC1(CNCc2ccncc2)CCCCC1. The van der Waals surface area contributed by atoms with Crippen LogP contribution in [0.3, 0.4) is 0 Å². The van der Waals surface area contributed by atoms with Crippen molar-refractivity contribution < 1.29 is 5.11 Å². The van der Waals surface area contributed by atoms with Gasteiger partial charge in [0.05, 0.1) is 5.60 Å². The second-order valence-corrected chi connectivity index (χ2v) is 4.74. The fraction of sp³-hybridized carbons (Fsp3) is 0.615. The minimum absolute atomic E-state index is 0.467. The summed E-state index contributed by atoms with van der Waals surface area (Å²) in [5, 5.41) is 13.6. The molecule has 1 heterocycles. The molecule has 0 aromatic carbocycles. The fourth-order valence-corrected chi connectivity index (χ4v) is 2.33. The zero-order chi connectivity index (χ0) is 11.3. The summed E-state index contributed by atoms with van der Waals surface area (Å²) in [6.07, 6.45) is 9.07. The second-order valence-electron chi connectivity index (χ2n) is 4.74. The largest absolute Gasteiger partial charge is 0.389 e. The summed E-state index contributed by atoms with van der Waals surface area (Å²) >= 11 is 0. The molecule has 0 bridgehead atoms. The van der Waals surface area contributed by atoms with Crippen molar-refractivity contribution in [2.45, 2.75) is 44.2 Å². The molecule has 0 unspecified atom stereocenters. The first-order chi connectivity index (χ1) is 7.79. The predicted octanol–water partition coefficient (Wildman–Crippen LogP) is 1.87. The van der Waals surface area contributed by atoms with Crippen molar-refractivity contribution in [2.24, 2.45) is 0 Å². The van der Waals surface area contributed by atoms with Crippen molar-refractivity contribution in [2.75, 3.05) is 6.54 Å². The quantitative estimate of drug-likeness (QED) is 0.814. The van der Waals surface area contributed by atoms with Crippen LogP contribution in [0, 0.1) is 0 Å². The van der Waals surface area contributed by atoms with Crippen molar-refractivity contribution >= 4 is 0 Å². The lowest BCUT2D eigenvalue weighted by atomic mass is 9.85. The maximum absolute atomic E-state index is 10.3. The number of nitrogens with one attached hydrogen (secondary N) is 1.